The lowest BCUT2D eigenvalue weighted by atomic mass is 10.0. The van der Waals surface area contributed by atoms with Gasteiger partial charge in [-0.15, -0.1) is 0 Å². The second-order valence-corrected chi connectivity index (χ2v) is 4.08. The Balaban J connectivity index is 2.70. The third kappa shape index (κ3) is 3.42. The van der Waals surface area contributed by atoms with Crippen molar-refractivity contribution in [2.75, 3.05) is 17.7 Å². The predicted molar refractivity (Wildman–Crippen MR) is 66.3 cm³/mol. The van der Waals surface area contributed by atoms with Gasteiger partial charge < -0.3 is 10.6 Å². The molecule has 2 N–H and O–H groups in total. The summed E-state index contributed by atoms with van der Waals surface area (Å²) in [6, 6.07) is 4.56. The third-order valence-electron chi connectivity index (χ3n) is 2.61. The first kappa shape index (κ1) is 11.8. The summed E-state index contributed by atoms with van der Waals surface area (Å²) in [6.45, 7) is 6.68. The Morgan fingerprint density at radius 1 is 1.40 bits per heavy atom. The topological polar surface area (TPSA) is 37.0 Å². The standard InChI is InChI=1S/C12H21N3/c1-5-11(9(2)3)15-10-6-7-14-12(8-10)13-4/h6-9,11H,5H2,1-4H3,(H2,13,14,15). The number of anilines is 2. The summed E-state index contributed by atoms with van der Waals surface area (Å²) >= 11 is 0. The third-order valence-corrected chi connectivity index (χ3v) is 2.61. The zero-order valence-electron chi connectivity index (χ0n) is 10.0. The van der Waals surface area contributed by atoms with Gasteiger partial charge in [0.15, 0.2) is 0 Å². The average Bonchev–Trinajstić information content (AvgIpc) is 2.25. The summed E-state index contributed by atoms with van der Waals surface area (Å²) in [5.41, 5.74) is 1.13. The molecule has 1 heterocycles. The Bertz CT molecular complexity index is 297. The molecule has 1 aromatic heterocycles. The monoisotopic (exact) mass is 207 g/mol. The Morgan fingerprint density at radius 2 is 2.13 bits per heavy atom. The van der Waals surface area contributed by atoms with Crippen LogP contribution in [-0.4, -0.2) is 18.1 Å². The van der Waals surface area contributed by atoms with Gasteiger partial charge in [-0.05, 0) is 18.4 Å². The van der Waals surface area contributed by atoms with Gasteiger partial charge >= 0.3 is 0 Å². The minimum Gasteiger partial charge on any atom is -0.382 e. The first-order chi connectivity index (χ1) is 7.17. The molecule has 0 spiro atoms. The van der Waals surface area contributed by atoms with Crippen molar-refractivity contribution in [1.29, 1.82) is 0 Å². The van der Waals surface area contributed by atoms with E-state index in [2.05, 4.69) is 36.4 Å². The van der Waals surface area contributed by atoms with Crippen LogP contribution in [0.15, 0.2) is 18.3 Å². The van der Waals surface area contributed by atoms with Crippen molar-refractivity contribution < 1.29 is 0 Å². The Morgan fingerprint density at radius 3 is 2.67 bits per heavy atom. The zero-order valence-corrected chi connectivity index (χ0v) is 10.0. The van der Waals surface area contributed by atoms with Crippen LogP contribution < -0.4 is 10.6 Å². The van der Waals surface area contributed by atoms with Gasteiger partial charge in [0.05, 0.1) is 0 Å². The molecule has 1 rings (SSSR count). The number of aromatic nitrogens is 1. The van der Waals surface area contributed by atoms with E-state index in [-0.39, 0.29) is 0 Å². The van der Waals surface area contributed by atoms with E-state index < -0.39 is 0 Å². The molecule has 0 radical (unpaired) electrons. The molecule has 0 fully saturated rings. The van der Waals surface area contributed by atoms with E-state index in [0.717, 1.165) is 17.9 Å². The van der Waals surface area contributed by atoms with E-state index in [1.165, 1.54) is 0 Å². The summed E-state index contributed by atoms with van der Waals surface area (Å²) in [5, 5.41) is 6.56. The molecule has 0 aromatic carbocycles. The first-order valence-electron chi connectivity index (χ1n) is 5.57. The van der Waals surface area contributed by atoms with E-state index in [0.29, 0.717) is 12.0 Å². The maximum atomic E-state index is 4.18. The number of hydrogen-bond acceptors (Lipinski definition) is 3. The van der Waals surface area contributed by atoms with Crippen molar-refractivity contribution in [2.45, 2.75) is 33.2 Å². The fourth-order valence-corrected chi connectivity index (χ4v) is 1.61. The van der Waals surface area contributed by atoms with Crippen molar-refractivity contribution in [3.63, 3.8) is 0 Å². The summed E-state index contributed by atoms with van der Waals surface area (Å²) < 4.78 is 0. The molecular formula is C12H21N3. The second kappa shape index (κ2) is 5.59. The van der Waals surface area contributed by atoms with Crippen molar-refractivity contribution in [1.82, 2.24) is 4.98 Å². The fourth-order valence-electron chi connectivity index (χ4n) is 1.61. The smallest absolute Gasteiger partial charge is 0.127 e. The minimum absolute atomic E-state index is 0.525. The van der Waals surface area contributed by atoms with Crippen LogP contribution in [0.3, 0.4) is 0 Å². The molecule has 0 aliphatic heterocycles. The molecule has 3 nitrogen and oxygen atoms in total. The molecule has 15 heavy (non-hydrogen) atoms. The lowest BCUT2D eigenvalue weighted by molar-refractivity contribution is 0.511. The van der Waals surface area contributed by atoms with Crippen LogP contribution in [0.2, 0.25) is 0 Å². The average molecular weight is 207 g/mol. The van der Waals surface area contributed by atoms with Crippen LogP contribution >= 0.6 is 0 Å². The maximum Gasteiger partial charge on any atom is 0.127 e. The van der Waals surface area contributed by atoms with E-state index in [1.54, 1.807) is 0 Å². The first-order valence-corrected chi connectivity index (χ1v) is 5.57. The highest BCUT2D eigenvalue weighted by molar-refractivity contribution is 5.52. The molecule has 0 saturated heterocycles. The van der Waals surface area contributed by atoms with Gasteiger partial charge in [0, 0.05) is 31.0 Å². The number of pyridine rings is 1. The maximum absolute atomic E-state index is 4.18. The van der Waals surface area contributed by atoms with E-state index >= 15 is 0 Å². The van der Waals surface area contributed by atoms with Crippen molar-refractivity contribution in [3.05, 3.63) is 18.3 Å². The van der Waals surface area contributed by atoms with Gasteiger partial charge in [-0.25, -0.2) is 4.98 Å². The van der Waals surface area contributed by atoms with Crippen LogP contribution in [0.4, 0.5) is 11.5 Å². The van der Waals surface area contributed by atoms with Crippen LogP contribution in [-0.2, 0) is 0 Å². The molecule has 1 unspecified atom stereocenters. The van der Waals surface area contributed by atoms with E-state index in [4.69, 9.17) is 0 Å². The normalized spacial score (nSPS) is 12.6. The van der Waals surface area contributed by atoms with Crippen molar-refractivity contribution in [3.8, 4) is 0 Å². The van der Waals surface area contributed by atoms with Crippen molar-refractivity contribution in [2.24, 2.45) is 5.92 Å². The number of nitrogens with zero attached hydrogens (tertiary/aromatic N) is 1. The summed E-state index contributed by atoms with van der Waals surface area (Å²) in [6.07, 6.45) is 2.95. The summed E-state index contributed by atoms with van der Waals surface area (Å²) in [4.78, 5) is 4.18. The SMILES string of the molecule is CCC(Nc1ccnc(NC)c1)C(C)C. The van der Waals surface area contributed by atoms with E-state index in [9.17, 15) is 0 Å². The zero-order chi connectivity index (χ0) is 11.3. The fraction of sp³-hybridized carbons (Fsp3) is 0.583. The van der Waals surface area contributed by atoms with Crippen LogP contribution in [0.25, 0.3) is 0 Å². The highest BCUT2D eigenvalue weighted by Crippen LogP contribution is 2.16. The molecule has 0 aliphatic rings. The largest absolute Gasteiger partial charge is 0.382 e. The van der Waals surface area contributed by atoms with Crippen LogP contribution in [0, 0.1) is 5.92 Å². The van der Waals surface area contributed by atoms with Crippen LogP contribution in [0.5, 0.6) is 0 Å². The predicted octanol–water partition coefficient (Wildman–Crippen LogP) is 2.97. The molecule has 84 valence electrons. The van der Waals surface area contributed by atoms with Gasteiger partial charge in [-0.3, -0.25) is 0 Å². The summed E-state index contributed by atoms with van der Waals surface area (Å²) in [5.74, 6) is 1.54. The number of hydrogen-bond donors (Lipinski definition) is 2. The van der Waals surface area contributed by atoms with Crippen molar-refractivity contribution >= 4 is 11.5 Å². The summed E-state index contributed by atoms with van der Waals surface area (Å²) in [7, 11) is 1.88. The van der Waals surface area contributed by atoms with Gasteiger partial charge in [-0.1, -0.05) is 20.8 Å². The molecule has 3 heteroatoms. The molecule has 1 atom stereocenters. The Hall–Kier alpha value is -1.25. The lowest BCUT2D eigenvalue weighted by Crippen LogP contribution is -2.24. The molecule has 1 aromatic rings. The lowest BCUT2D eigenvalue weighted by Gasteiger charge is -2.22. The quantitative estimate of drug-likeness (QED) is 0.779. The number of rotatable bonds is 5. The van der Waals surface area contributed by atoms with Crippen LogP contribution in [0.1, 0.15) is 27.2 Å². The van der Waals surface area contributed by atoms with Gasteiger partial charge in [0.1, 0.15) is 5.82 Å². The molecule has 0 aliphatic carbocycles. The molecule has 0 bridgehead atoms. The van der Waals surface area contributed by atoms with Gasteiger partial charge in [-0.2, -0.15) is 0 Å². The highest BCUT2D eigenvalue weighted by Gasteiger charge is 2.10. The van der Waals surface area contributed by atoms with Gasteiger partial charge in [0.2, 0.25) is 0 Å². The molecular weight excluding hydrogens is 186 g/mol. The Labute approximate surface area is 92.3 Å². The molecule has 0 amide bonds. The second-order valence-electron chi connectivity index (χ2n) is 4.08. The minimum atomic E-state index is 0.525. The van der Waals surface area contributed by atoms with Gasteiger partial charge in [0.25, 0.3) is 0 Å². The Kier molecular flexibility index (Phi) is 4.40. The highest BCUT2D eigenvalue weighted by atomic mass is 15.0. The molecule has 0 saturated carbocycles. The number of nitrogens with one attached hydrogen (secondary N) is 2. The van der Waals surface area contributed by atoms with E-state index in [1.807, 2.05) is 25.4 Å².